The minimum Gasteiger partial charge on any atom is -0.373 e. The third-order valence-electron chi connectivity index (χ3n) is 3.14. The van der Waals surface area contributed by atoms with Crippen LogP contribution in [0, 0.1) is 6.92 Å². The summed E-state index contributed by atoms with van der Waals surface area (Å²) in [6.45, 7) is 1.90. The number of anilines is 1. The number of carbonyl (C=O) groups is 2. The summed E-state index contributed by atoms with van der Waals surface area (Å²) in [4.78, 5) is 27.2. The number of benzene rings is 1. The van der Waals surface area contributed by atoms with Crippen LogP contribution in [0.5, 0.6) is 0 Å². The molecule has 5 nitrogen and oxygen atoms in total. The number of amides is 2. The number of rotatable bonds is 2. The van der Waals surface area contributed by atoms with E-state index in [1.54, 1.807) is 0 Å². The minimum absolute atomic E-state index is 0.175. The number of aromatic nitrogens is 1. The van der Waals surface area contributed by atoms with Crippen molar-refractivity contribution in [2.45, 2.75) is 19.4 Å². The molecule has 1 aromatic heterocycles. The molecule has 2 heterocycles. The van der Waals surface area contributed by atoms with Gasteiger partial charge in [0.05, 0.1) is 11.9 Å². The average molecular weight is 255 g/mol. The van der Waals surface area contributed by atoms with Crippen molar-refractivity contribution in [1.82, 2.24) is 10.3 Å². The number of aryl methyl sites for hydroxylation is 1. The average Bonchev–Trinajstić information content (AvgIpc) is 2.67. The first-order valence-corrected chi connectivity index (χ1v) is 6.10. The van der Waals surface area contributed by atoms with E-state index in [1.165, 1.54) is 0 Å². The van der Waals surface area contributed by atoms with Crippen molar-refractivity contribution >= 4 is 28.4 Å². The Bertz CT molecular complexity index is 681. The lowest BCUT2D eigenvalue weighted by Gasteiger charge is -2.13. The van der Waals surface area contributed by atoms with E-state index in [0.717, 1.165) is 22.3 Å². The van der Waals surface area contributed by atoms with Crippen molar-refractivity contribution in [3.8, 4) is 0 Å². The number of pyridine rings is 1. The Kier molecular flexibility index (Phi) is 2.67. The van der Waals surface area contributed by atoms with Crippen LogP contribution in [0.2, 0.25) is 0 Å². The molecule has 2 N–H and O–H groups in total. The second-order valence-electron chi connectivity index (χ2n) is 4.64. The molecule has 0 spiro atoms. The Balaban J connectivity index is 2.01. The summed E-state index contributed by atoms with van der Waals surface area (Å²) < 4.78 is 0. The Morgan fingerprint density at radius 3 is 2.84 bits per heavy atom. The van der Waals surface area contributed by atoms with Crippen LogP contribution in [0.25, 0.3) is 10.9 Å². The SMILES string of the molecule is Cc1cc(NC2CC(=O)NC2=O)c2ccccc2n1. The number of hydrogen-bond donors (Lipinski definition) is 2. The summed E-state index contributed by atoms with van der Waals surface area (Å²) in [5.74, 6) is -0.513. The molecule has 5 heteroatoms. The van der Waals surface area contributed by atoms with Gasteiger partial charge in [-0.25, -0.2) is 0 Å². The van der Waals surface area contributed by atoms with Crippen LogP contribution in [0.15, 0.2) is 30.3 Å². The van der Waals surface area contributed by atoms with Crippen LogP contribution in [-0.4, -0.2) is 22.8 Å². The van der Waals surface area contributed by atoms with Gasteiger partial charge in [-0.15, -0.1) is 0 Å². The van der Waals surface area contributed by atoms with Gasteiger partial charge in [-0.05, 0) is 19.1 Å². The maximum atomic E-state index is 11.6. The molecule has 1 atom stereocenters. The number of hydrogen-bond acceptors (Lipinski definition) is 4. The molecule has 0 saturated carbocycles. The molecule has 1 saturated heterocycles. The molecule has 1 aliphatic heterocycles. The van der Waals surface area contributed by atoms with Gasteiger partial charge in [0.1, 0.15) is 6.04 Å². The van der Waals surface area contributed by atoms with Crippen molar-refractivity contribution in [3.63, 3.8) is 0 Å². The fraction of sp³-hybridized carbons (Fsp3) is 0.214. The first-order valence-electron chi connectivity index (χ1n) is 6.10. The molecule has 0 aliphatic carbocycles. The number of nitrogens with one attached hydrogen (secondary N) is 2. The molecule has 96 valence electrons. The summed E-state index contributed by atoms with van der Waals surface area (Å²) in [6, 6.07) is 9.09. The first kappa shape index (κ1) is 11.6. The predicted molar refractivity (Wildman–Crippen MR) is 71.7 cm³/mol. The number of carbonyl (C=O) groups excluding carboxylic acids is 2. The number of imide groups is 1. The maximum absolute atomic E-state index is 11.6. The van der Waals surface area contributed by atoms with Crippen molar-refractivity contribution in [3.05, 3.63) is 36.0 Å². The van der Waals surface area contributed by atoms with Gasteiger partial charge in [0.15, 0.2) is 0 Å². The zero-order valence-electron chi connectivity index (χ0n) is 10.4. The van der Waals surface area contributed by atoms with Crippen molar-refractivity contribution in [1.29, 1.82) is 0 Å². The van der Waals surface area contributed by atoms with Gasteiger partial charge in [-0.2, -0.15) is 0 Å². The standard InChI is InChI=1S/C14H13N3O2/c1-8-6-11(9-4-2-3-5-10(9)15-8)16-12-7-13(18)17-14(12)19/h2-6,12H,7H2,1H3,(H,15,16)(H,17,18,19). The van der Waals surface area contributed by atoms with E-state index in [1.807, 2.05) is 37.3 Å². The van der Waals surface area contributed by atoms with Gasteiger partial charge >= 0.3 is 0 Å². The summed E-state index contributed by atoms with van der Waals surface area (Å²) >= 11 is 0. The molecular formula is C14H13N3O2. The van der Waals surface area contributed by atoms with Crippen LogP contribution in [0.4, 0.5) is 5.69 Å². The lowest BCUT2D eigenvalue weighted by atomic mass is 10.1. The highest BCUT2D eigenvalue weighted by atomic mass is 16.2. The topological polar surface area (TPSA) is 71.1 Å². The molecule has 1 fully saturated rings. The van der Waals surface area contributed by atoms with E-state index in [9.17, 15) is 9.59 Å². The number of nitrogens with zero attached hydrogens (tertiary/aromatic N) is 1. The number of fused-ring (bicyclic) bond motifs is 1. The van der Waals surface area contributed by atoms with Crippen LogP contribution < -0.4 is 10.6 Å². The molecule has 0 bridgehead atoms. The lowest BCUT2D eigenvalue weighted by molar-refractivity contribution is -0.124. The van der Waals surface area contributed by atoms with E-state index in [0.29, 0.717) is 0 Å². The quantitative estimate of drug-likeness (QED) is 0.795. The van der Waals surface area contributed by atoms with Gasteiger partial charge < -0.3 is 5.32 Å². The first-order chi connectivity index (χ1) is 9.13. The Morgan fingerprint density at radius 2 is 2.11 bits per heavy atom. The van der Waals surface area contributed by atoms with Crippen molar-refractivity contribution in [2.24, 2.45) is 0 Å². The smallest absolute Gasteiger partial charge is 0.249 e. The van der Waals surface area contributed by atoms with E-state index in [-0.39, 0.29) is 18.2 Å². The molecule has 19 heavy (non-hydrogen) atoms. The molecule has 2 aromatic rings. The third-order valence-corrected chi connectivity index (χ3v) is 3.14. The highest BCUT2D eigenvalue weighted by Crippen LogP contribution is 2.24. The predicted octanol–water partition coefficient (Wildman–Crippen LogP) is 1.37. The van der Waals surface area contributed by atoms with Gasteiger partial charge in [0, 0.05) is 16.8 Å². The fourth-order valence-corrected chi connectivity index (χ4v) is 2.29. The molecule has 2 amide bonds. The normalized spacial score (nSPS) is 18.7. The van der Waals surface area contributed by atoms with Crippen LogP contribution in [-0.2, 0) is 9.59 Å². The molecule has 1 aromatic carbocycles. The molecule has 3 rings (SSSR count). The van der Waals surface area contributed by atoms with Gasteiger partial charge in [0.2, 0.25) is 11.8 Å². The highest BCUT2D eigenvalue weighted by molar-refractivity contribution is 6.07. The Morgan fingerprint density at radius 1 is 1.32 bits per heavy atom. The van der Waals surface area contributed by atoms with E-state index < -0.39 is 6.04 Å². The minimum atomic E-state index is -0.502. The molecular weight excluding hydrogens is 242 g/mol. The zero-order chi connectivity index (χ0) is 13.4. The second-order valence-corrected chi connectivity index (χ2v) is 4.64. The zero-order valence-corrected chi connectivity index (χ0v) is 10.4. The summed E-state index contributed by atoms with van der Waals surface area (Å²) in [5, 5.41) is 6.37. The fourth-order valence-electron chi connectivity index (χ4n) is 2.29. The molecule has 1 unspecified atom stereocenters. The van der Waals surface area contributed by atoms with Gasteiger partial charge in [-0.3, -0.25) is 19.9 Å². The molecule has 1 aliphatic rings. The maximum Gasteiger partial charge on any atom is 0.249 e. The largest absolute Gasteiger partial charge is 0.373 e. The Hall–Kier alpha value is -2.43. The van der Waals surface area contributed by atoms with E-state index in [2.05, 4.69) is 15.6 Å². The monoisotopic (exact) mass is 255 g/mol. The summed E-state index contributed by atoms with van der Waals surface area (Å²) in [6.07, 6.45) is 0.175. The highest BCUT2D eigenvalue weighted by Gasteiger charge is 2.30. The van der Waals surface area contributed by atoms with Crippen molar-refractivity contribution in [2.75, 3.05) is 5.32 Å². The lowest BCUT2D eigenvalue weighted by Crippen LogP contribution is -2.30. The van der Waals surface area contributed by atoms with Gasteiger partial charge in [-0.1, -0.05) is 18.2 Å². The van der Waals surface area contributed by atoms with Crippen LogP contribution in [0.1, 0.15) is 12.1 Å². The molecule has 0 radical (unpaired) electrons. The van der Waals surface area contributed by atoms with E-state index >= 15 is 0 Å². The van der Waals surface area contributed by atoms with Gasteiger partial charge in [0.25, 0.3) is 0 Å². The summed E-state index contributed by atoms with van der Waals surface area (Å²) in [5.41, 5.74) is 2.57. The van der Waals surface area contributed by atoms with E-state index in [4.69, 9.17) is 0 Å². The summed E-state index contributed by atoms with van der Waals surface area (Å²) in [7, 11) is 0. The Labute approximate surface area is 110 Å². The number of para-hydroxylation sites is 1. The van der Waals surface area contributed by atoms with Crippen molar-refractivity contribution < 1.29 is 9.59 Å². The second kappa shape index (κ2) is 4.35. The van der Waals surface area contributed by atoms with Crippen LogP contribution in [0.3, 0.4) is 0 Å². The third kappa shape index (κ3) is 2.14. The van der Waals surface area contributed by atoms with Crippen LogP contribution >= 0.6 is 0 Å².